The summed E-state index contributed by atoms with van der Waals surface area (Å²) in [5.41, 5.74) is 0.735. The Morgan fingerprint density at radius 2 is 2.20 bits per heavy atom. The van der Waals surface area contributed by atoms with Gasteiger partial charge in [-0.1, -0.05) is 0 Å². The lowest BCUT2D eigenvalue weighted by atomic mass is 10.2. The first kappa shape index (κ1) is 14.8. The van der Waals surface area contributed by atoms with E-state index in [0.717, 1.165) is 15.6 Å². The third-order valence-electron chi connectivity index (χ3n) is 2.50. The molecule has 0 bridgehead atoms. The number of nitrogens with one attached hydrogen (secondary N) is 1. The number of rotatable bonds is 6. The van der Waals surface area contributed by atoms with Gasteiger partial charge in [-0.25, -0.2) is 9.97 Å². The number of amides is 1. The SMILES string of the molecule is CC(=O)CCc1nc(CC(=O)Nc2ncc(C)s2)cs1. The van der Waals surface area contributed by atoms with Crippen molar-refractivity contribution in [1.82, 2.24) is 9.97 Å². The summed E-state index contributed by atoms with van der Waals surface area (Å²) >= 11 is 2.93. The number of anilines is 1. The molecule has 106 valence electrons. The van der Waals surface area contributed by atoms with Crippen LogP contribution in [0.15, 0.2) is 11.6 Å². The number of Topliss-reactive ketones (excluding diaryl/α,β-unsaturated/α-hetero) is 1. The lowest BCUT2D eigenvalue weighted by Gasteiger charge is -1.98. The van der Waals surface area contributed by atoms with Crippen molar-refractivity contribution in [1.29, 1.82) is 0 Å². The lowest BCUT2D eigenvalue weighted by molar-refractivity contribution is -0.117. The van der Waals surface area contributed by atoms with Crippen LogP contribution in [-0.2, 0) is 22.4 Å². The first-order valence-electron chi connectivity index (χ1n) is 6.18. The van der Waals surface area contributed by atoms with Crippen molar-refractivity contribution >= 4 is 39.5 Å². The number of thiazole rings is 2. The van der Waals surface area contributed by atoms with Gasteiger partial charge in [-0.2, -0.15) is 0 Å². The highest BCUT2D eigenvalue weighted by Crippen LogP contribution is 2.17. The van der Waals surface area contributed by atoms with Crippen LogP contribution in [-0.4, -0.2) is 21.7 Å². The fraction of sp³-hybridized carbons (Fsp3) is 0.385. The number of nitrogens with zero attached hydrogens (tertiary/aromatic N) is 2. The Morgan fingerprint density at radius 1 is 1.40 bits per heavy atom. The minimum absolute atomic E-state index is 0.122. The van der Waals surface area contributed by atoms with Gasteiger partial charge in [0.15, 0.2) is 5.13 Å². The third-order valence-corrected chi connectivity index (χ3v) is 4.29. The molecule has 0 unspecified atom stereocenters. The van der Waals surface area contributed by atoms with Gasteiger partial charge < -0.3 is 10.1 Å². The summed E-state index contributed by atoms with van der Waals surface area (Å²) in [6, 6.07) is 0. The highest BCUT2D eigenvalue weighted by molar-refractivity contribution is 7.15. The van der Waals surface area contributed by atoms with Gasteiger partial charge in [0.1, 0.15) is 5.78 Å². The summed E-state index contributed by atoms with van der Waals surface area (Å²) in [6.45, 7) is 3.51. The Hall–Kier alpha value is -1.60. The van der Waals surface area contributed by atoms with E-state index < -0.39 is 0 Å². The summed E-state index contributed by atoms with van der Waals surface area (Å²) in [5, 5.41) is 6.12. The van der Waals surface area contributed by atoms with E-state index in [0.29, 0.717) is 18.0 Å². The number of hydrogen-bond donors (Lipinski definition) is 1. The molecule has 0 aromatic carbocycles. The zero-order valence-electron chi connectivity index (χ0n) is 11.3. The van der Waals surface area contributed by atoms with Crippen LogP contribution in [0.1, 0.15) is 28.9 Å². The van der Waals surface area contributed by atoms with Gasteiger partial charge in [-0.15, -0.1) is 22.7 Å². The van der Waals surface area contributed by atoms with E-state index in [-0.39, 0.29) is 18.1 Å². The van der Waals surface area contributed by atoms with Crippen LogP contribution < -0.4 is 5.32 Å². The van der Waals surface area contributed by atoms with Crippen molar-refractivity contribution in [3.8, 4) is 0 Å². The van der Waals surface area contributed by atoms with Crippen LogP contribution in [0.4, 0.5) is 5.13 Å². The molecule has 2 heterocycles. The van der Waals surface area contributed by atoms with E-state index in [4.69, 9.17) is 0 Å². The standard InChI is InChI=1S/C13H15N3O2S2/c1-8(17)3-4-12-15-10(7-19-12)5-11(18)16-13-14-6-9(2)20-13/h6-7H,3-5H2,1-2H3,(H,14,16,18). The van der Waals surface area contributed by atoms with E-state index in [1.54, 1.807) is 13.1 Å². The van der Waals surface area contributed by atoms with Gasteiger partial charge in [0.25, 0.3) is 0 Å². The monoisotopic (exact) mass is 309 g/mol. The molecule has 0 saturated heterocycles. The van der Waals surface area contributed by atoms with Gasteiger partial charge in [0.05, 0.1) is 17.1 Å². The Balaban J connectivity index is 1.86. The number of ketones is 1. The van der Waals surface area contributed by atoms with Crippen molar-refractivity contribution in [3.63, 3.8) is 0 Å². The Labute approximate surface area is 125 Å². The summed E-state index contributed by atoms with van der Waals surface area (Å²) in [6.07, 6.45) is 3.10. The molecule has 1 N–H and O–H groups in total. The predicted molar refractivity (Wildman–Crippen MR) is 80.3 cm³/mol. The summed E-state index contributed by atoms with van der Waals surface area (Å²) in [4.78, 5) is 32.2. The molecule has 0 saturated carbocycles. The quantitative estimate of drug-likeness (QED) is 0.890. The molecule has 0 atom stereocenters. The van der Waals surface area contributed by atoms with Crippen molar-refractivity contribution < 1.29 is 9.59 Å². The maximum Gasteiger partial charge on any atom is 0.232 e. The molecule has 0 aliphatic carbocycles. The summed E-state index contributed by atoms with van der Waals surface area (Å²) < 4.78 is 0. The van der Waals surface area contributed by atoms with Crippen LogP contribution in [0.25, 0.3) is 0 Å². The molecule has 2 rings (SSSR count). The van der Waals surface area contributed by atoms with Gasteiger partial charge in [-0.3, -0.25) is 4.79 Å². The van der Waals surface area contributed by atoms with Crippen molar-refractivity contribution in [2.24, 2.45) is 0 Å². The van der Waals surface area contributed by atoms with Crippen molar-refractivity contribution in [3.05, 3.63) is 27.2 Å². The molecule has 2 aromatic heterocycles. The zero-order valence-corrected chi connectivity index (χ0v) is 12.9. The van der Waals surface area contributed by atoms with Crippen LogP contribution in [0.3, 0.4) is 0 Å². The Bertz CT molecular complexity index is 619. The third kappa shape index (κ3) is 4.50. The maximum atomic E-state index is 11.8. The highest BCUT2D eigenvalue weighted by atomic mass is 32.1. The smallest absolute Gasteiger partial charge is 0.232 e. The van der Waals surface area contributed by atoms with Gasteiger partial charge >= 0.3 is 0 Å². The van der Waals surface area contributed by atoms with Crippen LogP contribution in [0, 0.1) is 6.92 Å². The largest absolute Gasteiger partial charge is 0.302 e. The minimum atomic E-state index is -0.122. The summed E-state index contributed by atoms with van der Waals surface area (Å²) in [7, 11) is 0. The molecule has 20 heavy (non-hydrogen) atoms. The van der Waals surface area contributed by atoms with E-state index >= 15 is 0 Å². The second kappa shape index (κ2) is 6.71. The lowest BCUT2D eigenvalue weighted by Crippen LogP contribution is -2.14. The predicted octanol–water partition coefficient (Wildman–Crippen LogP) is 2.61. The van der Waals surface area contributed by atoms with E-state index in [9.17, 15) is 9.59 Å². The molecule has 0 aliphatic rings. The number of hydrogen-bond acceptors (Lipinski definition) is 6. The Morgan fingerprint density at radius 3 is 2.85 bits per heavy atom. The minimum Gasteiger partial charge on any atom is -0.302 e. The number of aromatic nitrogens is 2. The molecule has 0 radical (unpaired) electrons. The van der Waals surface area contributed by atoms with Crippen LogP contribution >= 0.6 is 22.7 Å². The van der Waals surface area contributed by atoms with Gasteiger partial charge in [0.2, 0.25) is 5.91 Å². The van der Waals surface area contributed by atoms with Gasteiger partial charge in [0, 0.05) is 29.3 Å². The topological polar surface area (TPSA) is 72.0 Å². The van der Waals surface area contributed by atoms with E-state index in [1.165, 1.54) is 22.7 Å². The highest BCUT2D eigenvalue weighted by Gasteiger charge is 2.10. The molecule has 0 aliphatic heterocycles. The Kier molecular flexibility index (Phi) is 4.97. The number of aryl methyl sites for hydroxylation is 2. The first-order chi connectivity index (χ1) is 9.52. The summed E-state index contributed by atoms with van der Waals surface area (Å²) in [5.74, 6) is 0.0291. The number of carbonyl (C=O) groups is 2. The normalized spacial score (nSPS) is 10.5. The van der Waals surface area contributed by atoms with E-state index in [2.05, 4.69) is 15.3 Å². The fourth-order valence-corrected chi connectivity index (χ4v) is 3.05. The first-order valence-corrected chi connectivity index (χ1v) is 7.87. The van der Waals surface area contributed by atoms with Crippen molar-refractivity contribution in [2.45, 2.75) is 33.1 Å². The van der Waals surface area contributed by atoms with Crippen LogP contribution in [0.5, 0.6) is 0 Å². The van der Waals surface area contributed by atoms with Crippen LogP contribution in [0.2, 0.25) is 0 Å². The van der Waals surface area contributed by atoms with Gasteiger partial charge in [-0.05, 0) is 13.8 Å². The fourth-order valence-electron chi connectivity index (χ4n) is 1.57. The molecular formula is C13H15N3O2S2. The molecule has 7 heteroatoms. The average Bonchev–Trinajstić information content (AvgIpc) is 2.96. The second-order valence-corrected chi connectivity index (χ2v) is 6.61. The zero-order chi connectivity index (χ0) is 14.5. The molecule has 0 spiro atoms. The maximum absolute atomic E-state index is 11.8. The second-order valence-electron chi connectivity index (χ2n) is 4.44. The average molecular weight is 309 g/mol. The molecule has 2 aromatic rings. The molecule has 1 amide bonds. The molecule has 0 fully saturated rings. The molecule has 5 nitrogen and oxygen atoms in total. The number of carbonyl (C=O) groups excluding carboxylic acids is 2. The molecular weight excluding hydrogens is 294 g/mol. The van der Waals surface area contributed by atoms with Crippen molar-refractivity contribution in [2.75, 3.05) is 5.32 Å². The van der Waals surface area contributed by atoms with E-state index in [1.807, 2.05) is 12.3 Å².